The van der Waals surface area contributed by atoms with Crippen molar-refractivity contribution in [2.24, 2.45) is 16.3 Å². The standard InChI is InChI=1S/C9H15N3/c1-8(2)9-6-4-5-7-10-11-12(9)3/h8-9H,5,7H2,1-3H3. The minimum atomic E-state index is 0.217. The Morgan fingerprint density at radius 2 is 2.25 bits per heavy atom. The molecule has 0 aromatic rings. The van der Waals surface area contributed by atoms with Crippen molar-refractivity contribution in [1.29, 1.82) is 0 Å². The lowest BCUT2D eigenvalue weighted by atomic mass is 10.0. The Balaban J connectivity index is 2.72. The zero-order valence-electron chi connectivity index (χ0n) is 7.91. The van der Waals surface area contributed by atoms with Crippen LogP contribution in [0.2, 0.25) is 0 Å². The van der Waals surface area contributed by atoms with Gasteiger partial charge in [0.05, 0.1) is 6.54 Å². The van der Waals surface area contributed by atoms with Gasteiger partial charge in [0.15, 0.2) is 0 Å². The van der Waals surface area contributed by atoms with Crippen LogP contribution in [0.25, 0.3) is 0 Å². The van der Waals surface area contributed by atoms with E-state index >= 15 is 0 Å². The lowest BCUT2D eigenvalue weighted by Crippen LogP contribution is -2.30. The molecule has 1 unspecified atom stereocenters. The molecule has 0 saturated carbocycles. The average Bonchev–Trinajstić information content (AvgIpc) is 1.96. The molecule has 1 aliphatic heterocycles. The van der Waals surface area contributed by atoms with E-state index in [0.29, 0.717) is 5.92 Å². The van der Waals surface area contributed by atoms with E-state index in [2.05, 4.69) is 36.0 Å². The molecular formula is C9H15N3. The van der Waals surface area contributed by atoms with Crippen LogP contribution in [0.3, 0.4) is 0 Å². The highest BCUT2D eigenvalue weighted by atomic mass is 15.5. The molecule has 3 nitrogen and oxygen atoms in total. The fraction of sp³-hybridized carbons (Fsp3) is 0.778. The van der Waals surface area contributed by atoms with Gasteiger partial charge in [-0.1, -0.05) is 30.9 Å². The Bertz CT molecular complexity index is 222. The van der Waals surface area contributed by atoms with E-state index in [4.69, 9.17) is 0 Å². The summed E-state index contributed by atoms with van der Waals surface area (Å²) in [5.41, 5.74) is 0. The highest BCUT2D eigenvalue weighted by Crippen LogP contribution is 2.09. The maximum Gasteiger partial charge on any atom is 0.111 e. The van der Waals surface area contributed by atoms with Crippen LogP contribution in [-0.2, 0) is 0 Å². The fourth-order valence-electron chi connectivity index (χ4n) is 1.17. The molecule has 0 amide bonds. The van der Waals surface area contributed by atoms with Crippen LogP contribution in [0.1, 0.15) is 20.3 Å². The lowest BCUT2D eigenvalue weighted by molar-refractivity contribution is 0.232. The monoisotopic (exact) mass is 165 g/mol. The zero-order valence-corrected chi connectivity index (χ0v) is 7.91. The molecule has 0 N–H and O–H groups in total. The van der Waals surface area contributed by atoms with Crippen molar-refractivity contribution < 1.29 is 0 Å². The van der Waals surface area contributed by atoms with Crippen LogP contribution in [0.5, 0.6) is 0 Å². The molecule has 0 aromatic heterocycles. The van der Waals surface area contributed by atoms with Gasteiger partial charge < -0.3 is 0 Å². The highest BCUT2D eigenvalue weighted by Gasteiger charge is 2.15. The van der Waals surface area contributed by atoms with Gasteiger partial charge in [-0.15, -0.1) is 0 Å². The van der Waals surface area contributed by atoms with E-state index in [0.717, 1.165) is 13.0 Å². The van der Waals surface area contributed by atoms with Crippen LogP contribution in [0, 0.1) is 17.8 Å². The number of rotatable bonds is 1. The summed E-state index contributed by atoms with van der Waals surface area (Å²) >= 11 is 0. The maximum absolute atomic E-state index is 4.04. The summed E-state index contributed by atoms with van der Waals surface area (Å²) in [6.07, 6.45) is 0.834. The Hall–Kier alpha value is -1.04. The first-order valence-electron chi connectivity index (χ1n) is 4.30. The van der Waals surface area contributed by atoms with Crippen molar-refractivity contribution in [3.63, 3.8) is 0 Å². The fourth-order valence-corrected chi connectivity index (χ4v) is 1.17. The van der Waals surface area contributed by atoms with Crippen LogP contribution in [0.15, 0.2) is 10.3 Å². The van der Waals surface area contributed by atoms with Gasteiger partial charge in [-0.3, -0.25) is 5.01 Å². The second kappa shape index (κ2) is 4.10. The smallest absolute Gasteiger partial charge is 0.111 e. The van der Waals surface area contributed by atoms with Gasteiger partial charge in [0.25, 0.3) is 0 Å². The normalized spacial score (nSPS) is 23.0. The molecule has 0 fully saturated rings. The predicted octanol–water partition coefficient (Wildman–Crippen LogP) is 1.72. The van der Waals surface area contributed by atoms with Crippen molar-refractivity contribution in [1.82, 2.24) is 5.01 Å². The second-order valence-corrected chi connectivity index (χ2v) is 3.29. The van der Waals surface area contributed by atoms with Gasteiger partial charge in [-0.2, -0.15) is 5.11 Å². The van der Waals surface area contributed by atoms with E-state index in [1.54, 1.807) is 0 Å². The number of hydrogen-bond acceptors (Lipinski definition) is 3. The topological polar surface area (TPSA) is 28.0 Å². The Kier molecular flexibility index (Phi) is 3.09. The average molecular weight is 165 g/mol. The molecule has 1 aliphatic rings. The molecule has 66 valence electrons. The van der Waals surface area contributed by atoms with Crippen molar-refractivity contribution in [3.05, 3.63) is 0 Å². The van der Waals surface area contributed by atoms with Gasteiger partial charge in [-0.25, -0.2) is 0 Å². The second-order valence-electron chi connectivity index (χ2n) is 3.29. The summed E-state index contributed by atoms with van der Waals surface area (Å²) in [6.45, 7) is 5.02. The van der Waals surface area contributed by atoms with Crippen LogP contribution in [0.4, 0.5) is 0 Å². The minimum Gasteiger partial charge on any atom is -0.267 e. The van der Waals surface area contributed by atoms with Crippen LogP contribution in [-0.4, -0.2) is 24.6 Å². The van der Waals surface area contributed by atoms with Gasteiger partial charge >= 0.3 is 0 Å². The van der Waals surface area contributed by atoms with Gasteiger partial charge in [0.1, 0.15) is 6.04 Å². The summed E-state index contributed by atoms with van der Waals surface area (Å²) in [4.78, 5) is 0. The van der Waals surface area contributed by atoms with Crippen molar-refractivity contribution >= 4 is 0 Å². The molecule has 0 aliphatic carbocycles. The molecule has 0 spiro atoms. The van der Waals surface area contributed by atoms with E-state index in [-0.39, 0.29) is 6.04 Å². The largest absolute Gasteiger partial charge is 0.267 e. The first kappa shape index (κ1) is 9.05. The molecule has 0 bridgehead atoms. The molecule has 0 radical (unpaired) electrons. The summed E-state index contributed by atoms with van der Waals surface area (Å²) < 4.78 is 0. The first-order chi connectivity index (χ1) is 5.72. The van der Waals surface area contributed by atoms with E-state index in [1.807, 2.05) is 12.1 Å². The molecule has 1 rings (SSSR count). The molecule has 3 heteroatoms. The summed E-state index contributed by atoms with van der Waals surface area (Å²) in [6, 6.07) is 0.217. The summed E-state index contributed by atoms with van der Waals surface area (Å²) in [5.74, 6) is 6.80. The molecular weight excluding hydrogens is 150 g/mol. The maximum atomic E-state index is 4.04. The third-order valence-corrected chi connectivity index (χ3v) is 1.83. The van der Waals surface area contributed by atoms with E-state index in [9.17, 15) is 0 Å². The SMILES string of the molecule is CC(C)C1C#CCCN=NN1C. The first-order valence-corrected chi connectivity index (χ1v) is 4.30. The third-order valence-electron chi connectivity index (χ3n) is 1.83. The minimum absolute atomic E-state index is 0.217. The zero-order chi connectivity index (χ0) is 8.97. The van der Waals surface area contributed by atoms with Gasteiger partial charge in [0.2, 0.25) is 0 Å². The Morgan fingerprint density at radius 1 is 1.50 bits per heavy atom. The molecule has 0 saturated heterocycles. The van der Waals surface area contributed by atoms with Crippen molar-refractivity contribution in [2.45, 2.75) is 26.3 Å². The quantitative estimate of drug-likeness (QED) is 0.544. The van der Waals surface area contributed by atoms with Crippen molar-refractivity contribution in [2.75, 3.05) is 13.6 Å². The van der Waals surface area contributed by atoms with Gasteiger partial charge in [0, 0.05) is 13.5 Å². The van der Waals surface area contributed by atoms with E-state index < -0.39 is 0 Å². The van der Waals surface area contributed by atoms with Crippen molar-refractivity contribution in [3.8, 4) is 11.8 Å². The Morgan fingerprint density at radius 3 is 2.92 bits per heavy atom. The third kappa shape index (κ3) is 2.23. The summed E-state index contributed by atoms with van der Waals surface area (Å²) in [5, 5.41) is 9.88. The molecule has 12 heavy (non-hydrogen) atoms. The predicted molar refractivity (Wildman–Crippen MR) is 48.5 cm³/mol. The van der Waals surface area contributed by atoms with Crippen LogP contribution >= 0.6 is 0 Å². The van der Waals surface area contributed by atoms with E-state index in [1.165, 1.54) is 0 Å². The Labute approximate surface area is 73.8 Å². The number of hydrogen-bond donors (Lipinski definition) is 0. The van der Waals surface area contributed by atoms with Gasteiger partial charge in [-0.05, 0) is 5.92 Å². The lowest BCUT2D eigenvalue weighted by Gasteiger charge is -2.23. The highest BCUT2D eigenvalue weighted by molar-refractivity contribution is 5.09. The number of nitrogens with zero attached hydrogens (tertiary/aromatic N) is 3. The van der Waals surface area contributed by atoms with Crippen LogP contribution < -0.4 is 0 Å². The molecule has 1 atom stereocenters. The summed E-state index contributed by atoms with van der Waals surface area (Å²) in [7, 11) is 1.92. The molecule has 0 aromatic carbocycles. The molecule has 1 heterocycles.